The molecule has 1 aromatic carbocycles. The molecule has 0 radical (unpaired) electrons. The van der Waals surface area contributed by atoms with Gasteiger partial charge < -0.3 is 4.74 Å². The minimum atomic E-state index is -0.504. The van der Waals surface area contributed by atoms with Gasteiger partial charge in [0, 0.05) is 20.5 Å². The summed E-state index contributed by atoms with van der Waals surface area (Å²) < 4.78 is 8.71. The first kappa shape index (κ1) is 13.6. The van der Waals surface area contributed by atoms with Crippen molar-refractivity contribution in [2.45, 2.75) is 26.4 Å². The summed E-state index contributed by atoms with van der Waals surface area (Å²) in [5.74, 6) is 0. The van der Waals surface area contributed by atoms with Gasteiger partial charge >= 0.3 is 6.09 Å². The molecule has 0 atom stereocenters. The van der Waals surface area contributed by atoms with Gasteiger partial charge in [0.25, 0.3) is 0 Å². The van der Waals surface area contributed by atoms with Crippen LogP contribution in [-0.2, 0) is 4.74 Å². The Morgan fingerprint density at radius 2 is 1.94 bits per heavy atom. The Bertz CT molecular complexity index is 611. The first-order chi connectivity index (χ1) is 8.28. The predicted octanol–water partition coefficient (Wildman–Crippen LogP) is 4.95. The first-order valence-electron chi connectivity index (χ1n) is 5.47. The zero-order chi connectivity index (χ0) is 13.5. The Labute approximate surface area is 122 Å². The van der Waals surface area contributed by atoms with E-state index in [2.05, 4.69) is 31.9 Å². The van der Waals surface area contributed by atoms with Gasteiger partial charge in [-0.15, -0.1) is 0 Å². The van der Waals surface area contributed by atoms with Crippen molar-refractivity contribution in [3.8, 4) is 0 Å². The van der Waals surface area contributed by atoms with E-state index in [0.717, 1.165) is 19.8 Å². The standard InChI is InChI=1S/C13H13Br2NO2/c1-13(2,3)18-12(17)16-7-10(15)9-6-8(14)4-5-11(9)16/h4-7H,1-3H3. The van der Waals surface area contributed by atoms with Crippen molar-refractivity contribution in [1.29, 1.82) is 0 Å². The number of fused-ring (bicyclic) bond motifs is 1. The summed E-state index contributed by atoms with van der Waals surface area (Å²) in [7, 11) is 0. The van der Waals surface area contributed by atoms with Crippen LogP contribution in [0.5, 0.6) is 0 Å². The fraction of sp³-hybridized carbons (Fsp3) is 0.308. The smallest absolute Gasteiger partial charge is 0.419 e. The molecule has 5 heteroatoms. The van der Waals surface area contributed by atoms with Crippen LogP contribution in [0, 0.1) is 0 Å². The number of benzene rings is 1. The van der Waals surface area contributed by atoms with E-state index in [9.17, 15) is 4.79 Å². The van der Waals surface area contributed by atoms with Gasteiger partial charge in [-0.2, -0.15) is 0 Å². The number of nitrogens with zero attached hydrogens (tertiary/aromatic N) is 1. The summed E-state index contributed by atoms with van der Waals surface area (Å²) in [6, 6.07) is 5.74. The second-order valence-corrected chi connectivity index (χ2v) is 6.76. The number of carbonyl (C=O) groups excluding carboxylic acids is 1. The van der Waals surface area contributed by atoms with E-state index in [-0.39, 0.29) is 6.09 Å². The van der Waals surface area contributed by atoms with Gasteiger partial charge in [-0.3, -0.25) is 4.57 Å². The summed E-state index contributed by atoms with van der Waals surface area (Å²) in [5, 5.41) is 0.968. The van der Waals surface area contributed by atoms with Gasteiger partial charge in [0.05, 0.1) is 5.52 Å². The molecule has 0 saturated heterocycles. The molecule has 0 aliphatic rings. The lowest BCUT2D eigenvalue weighted by molar-refractivity contribution is 0.0544. The maximum atomic E-state index is 12.1. The van der Waals surface area contributed by atoms with Gasteiger partial charge in [-0.05, 0) is 54.9 Å². The molecule has 0 unspecified atom stereocenters. The van der Waals surface area contributed by atoms with Crippen molar-refractivity contribution in [3.05, 3.63) is 33.3 Å². The quantitative estimate of drug-likeness (QED) is 0.653. The van der Waals surface area contributed by atoms with E-state index in [1.165, 1.54) is 4.57 Å². The Balaban J connectivity index is 2.49. The number of halogens is 2. The Kier molecular flexibility index (Phi) is 3.56. The molecule has 2 aromatic rings. The van der Waals surface area contributed by atoms with Crippen molar-refractivity contribution >= 4 is 48.9 Å². The molecule has 0 N–H and O–H groups in total. The fourth-order valence-electron chi connectivity index (χ4n) is 1.62. The van der Waals surface area contributed by atoms with E-state index in [4.69, 9.17) is 4.74 Å². The van der Waals surface area contributed by atoms with Crippen LogP contribution >= 0.6 is 31.9 Å². The summed E-state index contributed by atoms with van der Waals surface area (Å²) in [6.45, 7) is 5.55. The lowest BCUT2D eigenvalue weighted by Gasteiger charge is -2.19. The number of hydrogen-bond acceptors (Lipinski definition) is 2. The van der Waals surface area contributed by atoms with Crippen molar-refractivity contribution in [3.63, 3.8) is 0 Å². The van der Waals surface area contributed by atoms with Gasteiger partial charge in [0.15, 0.2) is 0 Å². The van der Waals surface area contributed by atoms with Gasteiger partial charge in [0.2, 0.25) is 0 Å². The molecule has 0 bridgehead atoms. The molecule has 96 valence electrons. The fourth-order valence-corrected chi connectivity index (χ4v) is 2.51. The highest BCUT2D eigenvalue weighted by Gasteiger charge is 2.20. The molecule has 0 aliphatic carbocycles. The largest absolute Gasteiger partial charge is 0.443 e. The van der Waals surface area contributed by atoms with E-state index in [1.54, 1.807) is 6.20 Å². The molecular weight excluding hydrogens is 362 g/mol. The summed E-state index contributed by atoms with van der Waals surface area (Å²) >= 11 is 6.87. The number of hydrogen-bond donors (Lipinski definition) is 0. The van der Waals surface area contributed by atoms with Crippen molar-refractivity contribution in [2.24, 2.45) is 0 Å². The van der Waals surface area contributed by atoms with Crippen LogP contribution in [0.1, 0.15) is 20.8 Å². The lowest BCUT2D eigenvalue weighted by atomic mass is 10.2. The van der Waals surface area contributed by atoms with E-state index >= 15 is 0 Å². The average Bonchev–Trinajstić information content (AvgIpc) is 2.54. The van der Waals surface area contributed by atoms with Crippen molar-refractivity contribution < 1.29 is 9.53 Å². The summed E-state index contributed by atoms with van der Waals surface area (Å²) in [4.78, 5) is 12.1. The van der Waals surface area contributed by atoms with Gasteiger partial charge in [-0.25, -0.2) is 4.79 Å². The van der Waals surface area contributed by atoms with Crippen LogP contribution in [0.25, 0.3) is 10.9 Å². The van der Waals surface area contributed by atoms with E-state index < -0.39 is 5.60 Å². The highest BCUT2D eigenvalue weighted by molar-refractivity contribution is 9.11. The first-order valence-corrected chi connectivity index (χ1v) is 7.06. The molecule has 0 fully saturated rings. The number of aromatic nitrogens is 1. The Morgan fingerprint density at radius 1 is 1.28 bits per heavy atom. The van der Waals surface area contributed by atoms with Crippen molar-refractivity contribution in [2.75, 3.05) is 0 Å². The topological polar surface area (TPSA) is 31.2 Å². The van der Waals surface area contributed by atoms with Crippen LogP contribution in [0.3, 0.4) is 0 Å². The minimum absolute atomic E-state index is 0.375. The number of carbonyl (C=O) groups is 1. The minimum Gasteiger partial charge on any atom is -0.443 e. The Hall–Kier alpha value is -0.810. The van der Waals surface area contributed by atoms with Gasteiger partial charge in [-0.1, -0.05) is 15.9 Å². The molecule has 1 heterocycles. The molecule has 0 aliphatic heterocycles. The highest BCUT2D eigenvalue weighted by Crippen LogP contribution is 2.29. The van der Waals surface area contributed by atoms with Crippen LogP contribution in [-0.4, -0.2) is 16.3 Å². The summed E-state index contributed by atoms with van der Waals surface area (Å²) in [5.41, 5.74) is 0.314. The van der Waals surface area contributed by atoms with Crippen LogP contribution in [0.4, 0.5) is 4.79 Å². The van der Waals surface area contributed by atoms with Crippen LogP contribution in [0.15, 0.2) is 33.3 Å². The molecule has 0 amide bonds. The normalized spacial score (nSPS) is 11.8. The molecule has 1 aromatic heterocycles. The third-order valence-electron chi connectivity index (χ3n) is 2.31. The molecule has 0 saturated carbocycles. The molecule has 18 heavy (non-hydrogen) atoms. The lowest BCUT2D eigenvalue weighted by Crippen LogP contribution is -2.26. The monoisotopic (exact) mass is 373 g/mol. The molecule has 3 nitrogen and oxygen atoms in total. The van der Waals surface area contributed by atoms with Gasteiger partial charge in [0.1, 0.15) is 5.60 Å². The van der Waals surface area contributed by atoms with E-state index in [1.807, 2.05) is 39.0 Å². The zero-order valence-corrected chi connectivity index (χ0v) is 13.5. The second kappa shape index (κ2) is 4.70. The number of rotatable bonds is 0. The maximum absolute atomic E-state index is 12.1. The third kappa shape index (κ3) is 2.78. The van der Waals surface area contributed by atoms with Crippen molar-refractivity contribution in [1.82, 2.24) is 4.57 Å². The average molecular weight is 375 g/mol. The summed E-state index contributed by atoms with van der Waals surface area (Å²) in [6.07, 6.45) is 1.35. The highest BCUT2D eigenvalue weighted by atomic mass is 79.9. The maximum Gasteiger partial charge on any atom is 0.419 e. The zero-order valence-electron chi connectivity index (χ0n) is 10.3. The second-order valence-electron chi connectivity index (χ2n) is 4.99. The van der Waals surface area contributed by atoms with E-state index in [0.29, 0.717) is 0 Å². The van der Waals surface area contributed by atoms with Crippen LogP contribution in [0.2, 0.25) is 0 Å². The number of ether oxygens (including phenoxy) is 1. The third-order valence-corrected chi connectivity index (χ3v) is 3.43. The predicted molar refractivity (Wildman–Crippen MR) is 79.0 cm³/mol. The van der Waals surface area contributed by atoms with Crippen LogP contribution < -0.4 is 0 Å². The molecule has 0 spiro atoms. The molecular formula is C13H13Br2NO2. The molecule has 2 rings (SSSR count). The SMILES string of the molecule is CC(C)(C)OC(=O)n1cc(Br)c2cc(Br)ccc21. The Morgan fingerprint density at radius 3 is 2.56 bits per heavy atom.